The fourth-order valence-electron chi connectivity index (χ4n) is 0.980. The molecule has 3 nitrogen and oxygen atoms in total. The molecule has 1 aromatic rings. The van der Waals surface area contributed by atoms with Crippen LogP contribution in [0.3, 0.4) is 0 Å². The van der Waals surface area contributed by atoms with Gasteiger partial charge in [-0.2, -0.15) is 0 Å². The number of carbonyl (C=O) groups is 1. The van der Waals surface area contributed by atoms with Crippen molar-refractivity contribution in [3.05, 3.63) is 21.3 Å². The number of hydrogen-bond donors (Lipinski definition) is 1. The second-order valence-corrected chi connectivity index (χ2v) is 5.73. The summed E-state index contributed by atoms with van der Waals surface area (Å²) in [5.41, 5.74) is 0. The highest BCUT2D eigenvalue weighted by molar-refractivity contribution is 9.10. The number of esters is 1. The van der Waals surface area contributed by atoms with Gasteiger partial charge in [0.25, 0.3) is 0 Å². The summed E-state index contributed by atoms with van der Waals surface area (Å²) in [6.07, 6.45) is 0. The summed E-state index contributed by atoms with van der Waals surface area (Å²) < 4.78 is 5.35. The first kappa shape index (κ1) is 13.0. The fourth-order valence-corrected chi connectivity index (χ4v) is 2.45. The maximum absolute atomic E-state index is 11.0. The maximum Gasteiger partial charge on any atom is 0.320 e. The minimum absolute atomic E-state index is 0.272. The van der Waals surface area contributed by atoms with E-state index in [0.29, 0.717) is 13.1 Å². The van der Waals surface area contributed by atoms with Crippen LogP contribution in [-0.4, -0.2) is 24.5 Å². The van der Waals surface area contributed by atoms with E-state index in [1.165, 1.54) is 18.4 Å². The molecule has 0 radical (unpaired) electrons. The Morgan fingerprint density at radius 1 is 1.73 bits per heavy atom. The van der Waals surface area contributed by atoms with Crippen molar-refractivity contribution in [1.29, 1.82) is 0 Å². The van der Waals surface area contributed by atoms with Crippen molar-refractivity contribution in [3.8, 4) is 0 Å². The van der Waals surface area contributed by atoms with Crippen LogP contribution in [0.4, 0.5) is 0 Å². The number of methoxy groups -OCH3 is 1. The molecule has 0 aliphatic heterocycles. The second-order valence-electron chi connectivity index (χ2n) is 2.83. The Labute approximate surface area is 106 Å². The van der Waals surface area contributed by atoms with Crippen LogP contribution in [0.2, 0.25) is 4.34 Å². The average Bonchev–Trinajstić information content (AvgIpc) is 2.63. The van der Waals surface area contributed by atoms with Gasteiger partial charge in [0.05, 0.1) is 11.4 Å². The molecule has 0 bridgehead atoms. The molecule has 0 fully saturated rings. The van der Waals surface area contributed by atoms with Crippen LogP contribution >= 0.6 is 38.9 Å². The predicted octanol–water partition coefficient (Wildman–Crippen LogP) is 2.43. The fraction of sp³-hybridized carbons (Fsp3) is 0.444. The zero-order valence-corrected chi connectivity index (χ0v) is 11.3. The number of carbonyl (C=O) groups excluding carboxylic acids is 1. The number of ether oxygens (including phenoxy) is 1. The average molecular weight is 313 g/mol. The number of halogens is 2. The molecule has 0 aliphatic carbocycles. The second kappa shape index (κ2) is 6.48. The van der Waals surface area contributed by atoms with Gasteiger partial charge in [-0.15, -0.1) is 11.3 Å². The molecule has 1 aromatic heterocycles. The maximum atomic E-state index is 11.0. The minimum Gasteiger partial charge on any atom is -0.468 e. The van der Waals surface area contributed by atoms with Gasteiger partial charge >= 0.3 is 5.97 Å². The molecule has 0 spiro atoms. The molecule has 0 saturated heterocycles. The van der Waals surface area contributed by atoms with E-state index in [2.05, 4.69) is 26.0 Å². The molecule has 1 rings (SSSR count). The van der Waals surface area contributed by atoms with Crippen LogP contribution in [0, 0.1) is 0 Å². The number of nitrogens with one attached hydrogen (secondary N) is 1. The van der Waals surface area contributed by atoms with E-state index in [9.17, 15) is 4.79 Å². The zero-order valence-electron chi connectivity index (χ0n) is 8.13. The summed E-state index contributed by atoms with van der Waals surface area (Å²) in [6, 6.07) is 3.82. The summed E-state index contributed by atoms with van der Waals surface area (Å²) >= 11 is 10.5. The summed E-state index contributed by atoms with van der Waals surface area (Å²) in [4.78, 5) is 11.9. The van der Waals surface area contributed by atoms with Crippen LogP contribution in [0.1, 0.15) is 4.88 Å². The Kier molecular flexibility index (Phi) is 5.60. The van der Waals surface area contributed by atoms with E-state index in [-0.39, 0.29) is 10.8 Å². The van der Waals surface area contributed by atoms with Crippen molar-refractivity contribution < 1.29 is 9.53 Å². The molecule has 1 unspecified atom stereocenters. The Morgan fingerprint density at radius 3 is 3.00 bits per heavy atom. The summed E-state index contributed by atoms with van der Waals surface area (Å²) in [6.45, 7) is 1.23. The lowest BCUT2D eigenvalue weighted by Gasteiger charge is -2.07. The summed E-state index contributed by atoms with van der Waals surface area (Å²) in [5.74, 6) is -0.272. The third kappa shape index (κ3) is 4.51. The smallest absolute Gasteiger partial charge is 0.320 e. The molecule has 84 valence electrons. The standard InChI is InChI=1S/C9H11BrClNO2S/c1-14-9(13)7(10)5-12-4-6-2-3-8(11)15-6/h2-3,7,12H,4-5H2,1H3. The molecule has 0 aromatic carbocycles. The van der Waals surface area contributed by atoms with Crippen molar-refractivity contribution in [2.75, 3.05) is 13.7 Å². The van der Waals surface area contributed by atoms with Crippen molar-refractivity contribution in [1.82, 2.24) is 5.32 Å². The lowest BCUT2D eigenvalue weighted by Crippen LogP contribution is -2.29. The third-order valence-electron chi connectivity index (χ3n) is 1.71. The molecule has 0 aliphatic rings. The lowest BCUT2D eigenvalue weighted by atomic mass is 10.4. The molecule has 1 heterocycles. The van der Waals surface area contributed by atoms with Gasteiger partial charge in [-0.1, -0.05) is 27.5 Å². The highest BCUT2D eigenvalue weighted by Crippen LogP contribution is 2.20. The Morgan fingerprint density at radius 2 is 2.47 bits per heavy atom. The summed E-state index contributed by atoms with van der Waals surface area (Å²) in [5, 5.41) is 3.13. The molecule has 0 amide bonds. The Balaban J connectivity index is 2.24. The molecule has 1 atom stereocenters. The number of alkyl halides is 1. The van der Waals surface area contributed by atoms with Crippen molar-refractivity contribution in [3.63, 3.8) is 0 Å². The van der Waals surface area contributed by atoms with Gasteiger partial charge in [-0.3, -0.25) is 4.79 Å². The third-order valence-corrected chi connectivity index (χ3v) is 3.64. The van der Waals surface area contributed by atoms with Gasteiger partial charge in [0.15, 0.2) is 0 Å². The largest absolute Gasteiger partial charge is 0.468 e. The van der Waals surface area contributed by atoms with Crippen LogP contribution in [0.15, 0.2) is 12.1 Å². The van der Waals surface area contributed by atoms with Gasteiger partial charge in [-0.25, -0.2) is 0 Å². The molecule has 15 heavy (non-hydrogen) atoms. The number of hydrogen-bond acceptors (Lipinski definition) is 4. The SMILES string of the molecule is COC(=O)C(Br)CNCc1ccc(Cl)s1. The zero-order chi connectivity index (χ0) is 11.3. The van der Waals surface area contributed by atoms with Gasteiger partial charge in [0.1, 0.15) is 4.83 Å². The summed E-state index contributed by atoms with van der Waals surface area (Å²) in [7, 11) is 1.37. The van der Waals surface area contributed by atoms with Gasteiger partial charge in [-0.05, 0) is 12.1 Å². The minimum atomic E-state index is -0.307. The first-order valence-corrected chi connectivity index (χ1v) is 6.41. The van der Waals surface area contributed by atoms with Crippen molar-refractivity contribution in [2.45, 2.75) is 11.4 Å². The highest BCUT2D eigenvalue weighted by Gasteiger charge is 2.14. The van der Waals surface area contributed by atoms with Crippen LogP contribution in [0.5, 0.6) is 0 Å². The first-order chi connectivity index (χ1) is 7.13. The number of thiophene rings is 1. The quantitative estimate of drug-likeness (QED) is 0.670. The predicted molar refractivity (Wildman–Crippen MR) is 65.8 cm³/mol. The molecule has 6 heteroatoms. The van der Waals surface area contributed by atoms with Crippen LogP contribution in [0.25, 0.3) is 0 Å². The molecular weight excluding hydrogens is 302 g/mol. The van der Waals surface area contributed by atoms with Crippen molar-refractivity contribution in [2.24, 2.45) is 0 Å². The lowest BCUT2D eigenvalue weighted by molar-refractivity contribution is -0.139. The highest BCUT2D eigenvalue weighted by atomic mass is 79.9. The van der Waals surface area contributed by atoms with E-state index in [1.54, 1.807) is 0 Å². The van der Waals surface area contributed by atoms with Gasteiger partial charge in [0.2, 0.25) is 0 Å². The van der Waals surface area contributed by atoms with E-state index in [0.717, 1.165) is 9.21 Å². The molecule has 0 saturated carbocycles. The molecule has 1 N–H and O–H groups in total. The van der Waals surface area contributed by atoms with E-state index < -0.39 is 0 Å². The molecular formula is C9H11BrClNO2S. The normalized spacial score (nSPS) is 12.5. The first-order valence-electron chi connectivity index (χ1n) is 4.30. The van der Waals surface area contributed by atoms with Crippen LogP contribution in [-0.2, 0) is 16.1 Å². The van der Waals surface area contributed by atoms with Crippen LogP contribution < -0.4 is 5.32 Å². The Bertz CT molecular complexity index is 332. The van der Waals surface area contributed by atoms with Gasteiger partial charge in [0, 0.05) is 18.0 Å². The van der Waals surface area contributed by atoms with E-state index >= 15 is 0 Å². The monoisotopic (exact) mass is 311 g/mol. The Hall–Kier alpha value is -0.100. The van der Waals surface area contributed by atoms with E-state index in [1.807, 2.05) is 12.1 Å². The topological polar surface area (TPSA) is 38.3 Å². The van der Waals surface area contributed by atoms with Crippen molar-refractivity contribution >= 4 is 44.8 Å². The van der Waals surface area contributed by atoms with E-state index in [4.69, 9.17) is 11.6 Å². The number of rotatable bonds is 5. The van der Waals surface area contributed by atoms with Gasteiger partial charge < -0.3 is 10.1 Å².